The molecule has 0 radical (unpaired) electrons. The predicted octanol–water partition coefficient (Wildman–Crippen LogP) is 9.33. The Labute approximate surface area is 454 Å². The number of nitrogens with zero attached hydrogens (tertiary/aromatic N) is 4. The Balaban J connectivity index is 0.000000221. The van der Waals surface area contributed by atoms with Crippen molar-refractivity contribution in [3.8, 4) is 22.5 Å². The fraction of sp³-hybridized carbons (Fsp3) is 0.434. The molecule has 0 unspecified atom stereocenters. The Bertz CT molecular complexity index is 2970. The molecule has 1 aliphatic heterocycles. The summed E-state index contributed by atoms with van der Waals surface area (Å²) in [4.78, 5) is 78.1. The number of pyridine rings is 2. The molecular weight excluding hydrogens is 1060 g/mol. The number of aromatic nitrogens is 2. The first-order valence-corrected chi connectivity index (χ1v) is 26.4. The number of alkyl halides is 3. The van der Waals surface area contributed by atoms with E-state index in [1.165, 1.54) is 38.4 Å². The molecule has 424 valence electrons. The maximum absolute atomic E-state index is 12.5. The maximum Gasteiger partial charge on any atom is 0.534 e. The second kappa shape index (κ2) is 25.9. The molecule has 0 saturated carbocycles. The van der Waals surface area contributed by atoms with Crippen molar-refractivity contribution < 1.29 is 83.1 Å². The maximum atomic E-state index is 12.5. The Kier molecular flexibility index (Phi) is 20.4. The van der Waals surface area contributed by atoms with E-state index >= 15 is 0 Å². The van der Waals surface area contributed by atoms with Crippen LogP contribution in [0.3, 0.4) is 0 Å². The third kappa shape index (κ3) is 14.8. The highest BCUT2D eigenvalue weighted by atomic mass is 32.2. The monoisotopic (exact) mass is 1120 g/mol. The van der Waals surface area contributed by atoms with Gasteiger partial charge < -0.3 is 32.4 Å². The van der Waals surface area contributed by atoms with Crippen molar-refractivity contribution in [3.63, 3.8) is 0 Å². The minimum Gasteiger partial charge on any atom is -0.465 e. The minimum atomic E-state index is -5.80. The summed E-state index contributed by atoms with van der Waals surface area (Å²) in [6.07, 6.45) is 5.40. The van der Waals surface area contributed by atoms with Crippen LogP contribution in [0.2, 0.25) is 0 Å². The highest BCUT2D eigenvalue weighted by Gasteiger charge is 2.54. The van der Waals surface area contributed by atoms with Crippen LogP contribution in [-0.2, 0) is 61.7 Å². The van der Waals surface area contributed by atoms with Crippen LogP contribution in [-0.4, -0.2) is 102 Å². The highest BCUT2D eigenvalue weighted by Crippen LogP contribution is 2.43. The Hall–Kier alpha value is -7.58. The Morgan fingerprint density at radius 2 is 0.987 bits per heavy atom. The summed E-state index contributed by atoms with van der Waals surface area (Å²) >= 11 is 0. The molecule has 0 bridgehead atoms. The van der Waals surface area contributed by atoms with Crippen molar-refractivity contribution >= 4 is 63.5 Å². The van der Waals surface area contributed by atoms with Gasteiger partial charge in [-0.15, -0.1) is 0 Å². The van der Waals surface area contributed by atoms with E-state index in [2.05, 4.69) is 14.2 Å². The molecule has 26 heteroatoms. The van der Waals surface area contributed by atoms with Crippen LogP contribution in [0.25, 0.3) is 28.1 Å². The summed E-state index contributed by atoms with van der Waals surface area (Å²) in [7, 11) is -6.20. The van der Waals surface area contributed by atoms with E-state index in [0.29, 0.717) is 24.2 Å². The van der Waals surface area contributed by atoms with E-state index in [1.54, 1.807) is 26.0 Å². The van der Waals surface area contributed by atoms with Gasteiger partial charge >= 0.3 is 46.6 Å². The molecule has 79 heavy (non-hydrogen) atoms. The van der Waals surface area contributed by atoms with Gasteiger partial charge in [0.15, 0.2) is 10.8 Å². The van der Waals surface area contributed by atoms with Crippen LogP contribution in [0.1, 0.15) is 99.5 Å². The number of benzene rings is 2. The van der Waals surface area contributed by atoms with E-state index in [0.717, 1.165) is 33.8 Å². The number of esters is 4. The zero-order chi connectivity index (χ0) is 58.6. The van der Waals surface area contributed by atoms with Crippen molar-refractivity contribution in [2.75, 3.05) is 26.4 Å². The molecule has 0 N–H and O–H groups in total. The molecule has 1 fully saturated rings. The molecule has 0 atom stereocenters. The molecule has 3 heterocycles. The molecular formula is C53H60BF3N4O17S. The van der Waals surface area contributed by atoms with E-state index < -0.39 is 73.1 Å². The van der Waals surface area contributed by atoms with Crippen LogP contribution in [0.4, 0.5) is 24.5 Å². The summed E-state index contributed by atoms with van der Waals surface area (Å²) in [6, 6.07) is 21.5. The fourth-order valence-corrected chi connectivity index (χ4v) is 8.69. The van der Waals surface area contributed by atoms with Crippen molar-refractivity contribution in [1.29, 1.82) is 0 Å². The first-order valence-electron chi connectivity index (χ1n) is 25.0. The third-order valence-electron chi connectivity index (χ3n) is 13.4. The van der Waals surface area contributed by atoms with Crippen molar-refractivity contribution in [1.82, 2.24) is 9.97 Å². The zero-order valence-corrected chi connectivity index (χ0v) is 45.5. The minimum absolute atomic E-state index is 0.00445. The normalized spacial score (nSPS) is 16.9. The SMILES string of the molecule is CC1(C)OB(c2ccc(-c3ccc([N+](=O)[O-])cn3)cc2)OC1(C)C.CCOC(=O)C1(C(=O)OCC)CC=C(OS(=O)(=O)C(F)(F)F)CC1.CCOC(=O)C1(C(=O)OCC)CC=C(c2ccc(-c3ccc([N+](=O)[O-])cn3)cc2)CC1. The lowest BCUT2D eigenvalue weighted by Gasteiger charge is -2.32. The van der Waals surface area contributed by atoms with Gasteiger partial charge in [0.25, 0.3) is 11.4 Å². The Morgan fingerprint density at radius 1 is 0.608 bits per heavy atom. The van der Waals surface area contributed by atoms with E-state index in [9.17, 15) is 61.0 Å². The number of ether oxygens (including phenoxy) is 4. The summed E-state index contributed by atoms with van der Waals surface area (Å²) in [5.41, 5.74) is -3.44. The fourth-order valence-electron chi connectivity index (χ4n) is 8.16. The van der Waals surface area contributed by atoms with Gasteiger partial charge in [-0.05, 0) is 122 Å². The largest absolute Gasteiger partial charge is 0.534 e. The lowest BCUT2D eigenvalue weighted by molar-refractivity contribution is -0.385. The number of carbonyl (C=O) groups is 4. The van der Waals surface area contributed by atoms with E-state index in [1.807, 2.05) is 82.3 Å². The lowest BCUT2D eigenvalue weighted by atomic mass is 9.73. The van der Waals surface area contributed by atoms with Crippen molar-refractivity contribution in [2.45, 2.75) is 111 Å². The number of hydrogen-bond donors (Lipinski definition) is 0. The van der Waals surface area contributed by atoms with Gasteiger partial charge in [-0.3, -0.25) is 39.4 Å². The first-order chi connectivity index (χ1) is 37.1. The van der Waals surface area contributed by atoms with Crippen molar-refractivity contribution in [3.05, 3.63) is 129 Å². The second-order valence-corrected chi connectivity index (χ2v) is 20.5. The van der Waals surface area contributed by atoms with E-state index in [-0.39, 0.29) is 74.7 Å². The lowest BCUT2D eigenvalue weighted by Crippen LogP contribution is -2.43. The Morgan fingerprint density at radius 3 is 1.30 bits per heavy atom. The molecule has 2 aliphatic carbocycles. The molecule has 21 nitrogen and oxygen atoms in total. The van der Waals surface area contributed by atoms with Crippen LogP contribution < -0.4 is 5.46 Å². The summed E-state index contributed by atoms with van der Waals surface area (Å²) in [5, 5.41) is 21.5. The number of rotatable bonds is 16. The molecule has 0 spiro atoms. The standard InChI is InChI=1S/C23H24N2O6.C17H19BN2O4.C13H17F3O7S/c1-3-30-21(26)23(22(27)31-4-2)13-11-17(12-14-23)16-5-7-18(8-6-16)20-10-9-19(15-24-20)25(28)29;1-16(2)17(3,4)24-18(23-16)13-7-5-12(6-8-13)15-10-9-14(11-19-15)20(21)22;1-3-21-10(17)12(11(18)22-4-2)7-5-9(6-8-12)23-24(19,20)13(14,15)16/h5-11,15H,3-4,12-14H2,1-2H3;5-11H,1-4H3;5H,3-4,6-8H2,1-2H3. The number of carbonyl (C=O) groups excluding carboxylic acids is 4. The quantitative estimate of drug-likeness (QED) is 0.0148. The predicted molar refractivity (Wildman–Crippen MR) is 280 cm³/mol. The van der Waals surface area contributed by atoms with Crippen LogP contribution in [0.5, 0.6) is 0 Å². The van der Waals surface area contributed by atoms with Crippen LogP contribution >= 0.6 is 0 Å². The van der Waals surface area contributed by atoms with Gasteiger partial charge in [-0.2, -0.15) is 21.6 Å². The third-order valence-corrected chi connectivity index (χ3v) is 14.4. The smallest absolute Gasteiger partial charge is 0.465 e. The topological polar surface area (TPSA) is 279 Å². The molecule has 7 rings (SSSR count). The van der Waals surface area contributed by atoms with Gasteiger partial charge in [0.1, 0.15) is 18.2 Å². The zero-order valence-electron chi connectivity index (χ0n) is 44.7. The summed E-state index contributed by atoms with van der Waals surface area (Å²) in [6.45, 7) is 14.9. The molecule has 1 saturated heterocycles. The van der Waals surface area contributed by atoms with Gasteiger partial charge in [-0.25, -0.2) is 9.97 Å². The molecule has 2 aromatic carbocycles. The average molecular weight is 1120 g/mol. The first kappa shape index (κ1) is 62.3. The highest BCUT2D eigenvalue weighted by molar-refractivity contribution is 7.87. The van der Waals surface area contributed by atoms with Crippen molar-refractivity contribution in [2.24, 2.45) is 10.8 Å². The van der Waals surface area contributed by atoms with Gasteiger partial charge in [0.05, 0.1) is 58.9 Å². The number of nitro groups is 2. The number of hydrogen-bond acceptors (Lipinski definition) is 19. The van der Waals surface area contributed by atoms with E-state index in [4.69, 9.17) is 28.3 Å². The number of allylic oxidation sites excluding steroid dienone is 4. The van der Waals surface area contributed by atoms with Crippen LogP contribution in [0.15, 0.2) is 103 Å². The molecule has 0 amide bonds. The number of halogens is 3. The summed E-state index contributed by atoms with van der Waals surface area (Å²) < 4.78 is 95.0. The van der Waals surface area contributed by atoms with Gasteiger partial charge in [0.2, 0.25) is 0 Å². The molecule has 4 aromatic rings. The van der Waals surface area contributed by atoms with Gasteiger partial charge in [-0.1, -0.05) is 54.6 Å². The van der Waals surface area contributed by atoms with Gasteiger partial charge in [0, 0.05) is 29.7 Å². The van der Waals surface area contributed by atoms with Crippen LogP contribution in [0, 0.1) is 31.1 Å². The summed E-state index contributed by atoms with van der Waals surface area (Å²) in [5.74, 6) is -3.32. The molecule has 2 aromatic heterocycles. The molecule has 3 aliphatic rings. The average Bonchev–Trinajstić information content (AvgIpc) is 3.72. The second-order valence-electron chi connectivity index (χ2n) is 18.9.